The summed E-state index contributed by atoms with van der Waals surface area (Å²) in [6.45, 7) is 0. The summed E-state index contributed by atoms with van der Waals surface area (Å²) in [6, 6.07) is 19.9. The second-order valence-electron chi connectivity index (χ2n) is 6.06. The highest BCUT2D eigenvalue weighted by Gasteiger charge is 2.13. The predicted octanol–water partition coefficient (Wildman–Crippen LogP) is 4.63. The smallest absolute Gasteiger partial charge is 0.261 e. The molecular weight excluding hydrogens is 348 g/mol. The summed E-state index contributed by atoms with van der Waals surface area (Å²) in [7, 11) is 1.66. The van der Waals surface area contributed by atoms with Crippen molar-refractivity contribution in [2.45, 2.75) is 0 Å². The monoisotopic (exact) mass is 362 g/mol. The van der Waals surface area contributed by atoms with Crippen LogP contribution in [0.1, 0.15) is 0 Å². The standard InChI is InChI=1S/C21H15ClN2O2/c1-24-20(16-4-2-3-5-19(16)25)23-18-11-8-14(12-17(18)21(24)26)13-6-9-15(22)10-7-13/h2-12,25H,1H3. The molecule has 4 aromatic rings. The van der Waals surface area contributed by atoms with Gasteiger partial charge in [0.1, 0.15) is 11.6 Å². The van der Waals surface area contributed by atoms with Crippen LogP contribution in [0, 0.1) is 0 Å². The first kappa shape index (κ1) is 16.4. The van der Waals surface area contributed by atoms with Gasteiger partial charge < -0.3 is 5.11 Å². The van der Waals surface area contributed by atoms with Gasteiger partial charge in [0.25, 0.3) is 5.56 Å². The van der Waals surface area contributed by atoms with E-state index in [-0.39, 0.29) is 11.3 Å². The molecular formula is C21H15ClN2O2. The Hall–Kier alpha value is -3.11. The Labute approximate surface area is 155 Å². The van der Waals surface area contributed by atoms with Crippen molar-refractivity contribution >= 4 is 22.5 Å². The van der Waals surface area contributed by atoms with Crippen LogP contribution in [0.2, 0.25) is 5.02 Å². The Morgan fingerprint density at radius 1 is 0.962 bits per heavy atom. The SMILES string of the molecule is Cn1c(-c2ccccc2O)nc2ccc(-c3ccc(Cl)cc3)cc2c1=O. The maximum absolute atomic E-state index is 12.9. The Bertz CT molecular complexity index is 1180. The van der Waals surface area contributed by atoms with E-state index in [1.807, 2.05) is 42.5 Å². The number of benzene rings is 3. The molecule has 0 aliphatic carbocycles. The number of aromatic hydroxyl groups is 1. The fourth-order valence-corrected chi connectivity index (χ4v) is 3.12. The Balaban J connectivity index is 1.92. The highest BCUT2D eigenvalue weighted by atomic mass is 35.5. The van der Waals surface area contributed by atoms with Crippen LogP contribution >= 0.6 is 11.6 Å². The molecule has 5 heteroatoms. The van der Waals surface area contributed by atoms with E-state index < -0.39 is 0 Å². The number of aromatic nitrogens is 2. The molecule has 1 aromatic heterocycles. The van der Waals surface area contributed by atoms with E-state index in [2.05, 4.69) is 4.98 Å². The second-order valence-corrected chi connectivity index (χ2v) is 6.49. The number of nitrogens with zero attached hydrogens (tertiary/aromatic N) is 2. The molecule has 0 unspecified atom stereocenters. The number of rotatable bonds is 2. The average molecular weight is 363 g/mol. The van der Waals surface area contributed by atoms with Gasteiger partial charge in [0.15, 0.2) is 0 Å². The lowest BCUT2D eigenvalue weighted by Gasteiger charge is -2.11. The molecule has 1 heterocycles. The molecule has 0 radical (unpaired) electrons. The van der Waals surface area contributed by atoms with Gasteiger partial charge in [-0.1, -0.05) is 41.9 Å². The number of hydrogen-bond donors (Lipinski definition) is 1. The lowest BCUT2D eigenvalue weighted by Crippen LogP contribution is -2.20. The first-order valence-corrected chi connectivity index (χ1v) is 8.47. The molecule has 0 fully saturated rings. The molecule has 0 saturated carbocycles. The lowest BCUT2D eigenvalue weighted by atomic mass is 10.0. The van der Waals surface area contributed by atoms with Gasteiger partial charge in [0, 0.05) is 12.1 Å². The van der Waals surface area contributed by atoms with Crippen LogP contribution in [0.25, 0.3) is 33.4 Å². The van der Waals surface area contributed by atoms with Crippen LogP contribution in [0.4, 0.5) is 0 Å². The highest BCUT2D eigenvalue weighted by molar-refractivity contribution is 6.30. The molecule has 0 aliphatic heterocycles. The first-order valence-electron chi connectivity index (χ1n) is 8.10. The van der Waals surface area contributed by atoms with Crippen LogP contribution in [0.3, 0.4) is 0 Å². The van der Waals surface area contributed by atoms with Crippen molar-refractivity contribution < 1.29 is 5.11 Å². The van der Waals surface area contributed by atoms with Gasteiger partial charge in [0.05, 0.1) is 16.5 Å². The summed E-state index contributed by atoms with van der Waals surface area (Å²) < 4.78 is 1.46. The summed E-state index contributed by atoms with van der Waals surface area (Å²) in [5.74, 6) is 0.520. The van der Waals surface area contributed by atoms with Gasteiger partial charge in [-0.2, -0.15) is 0 Å². The third-order valence-electron chi connectivity index (χ3n) is 4.40. The molecule has 0 spiro atoms. The van der Waals surface area contributed by atoms with Crippen molar-refractivity contribution in [3.63, 3.8) is 0 Å². The van der Waals surface area contributed by atoms with Crippen molar-refractivity contribution in [1.29, 1.82) is 0 Å². The molecule has 26 heavy (non-hydrogen) atoms. The summed E-state index contributed by atoms with van der Waals surface area (Å²) in [5.41, 5.74) is 2.84. The van der Waals surface area contributed by atoms with Gasteiger partial charge in [0.2, 0.25) is 0 Å². The topological polar surface area (TPSA) is 55.1 Å². The highest BCUT2D eigenvalue weighted by Crippen LogP contribution is 2.28. The number of halogens is 1. The Kier molecular flexibility index (Phi) is 3.98. The van der Waals surface area contributed by atoms with Crippen LogP contribution in [0.15, 0.2) is 71.5 Å². The molecule has 3 aromatic carbocycles. The van der Waals surface area contributed by atoms with E-state index in [4.69, 9.17) is 11.6 Å². The number of hydrogen-bond acceptors (Lipinski definition) is 3. The number of fused-ring (bicyclic) bond motifs is 1. The van der Waals surface area contributed by atoms with E-state index in [1.165, 1.54) is 4.57 Å². The molecule has 0 bridgehead atoms. The first-order chi connectivity index (χ1) is 12.5. The molecule has 4 nitrogen and oxygen atoms in total. The van der Waals surface area contributed by atoms with Crippen LogP contribution < -0.4 is 5.56 Å². The van der Waals surface area contributed by atoms with Crippen LogP contribution in [0.5, 0.6) is 5.75 Å². The van der Waals surface area contributed by atoms with Crippen molar-refractivity contribution in [2.75, 3.05) is 0 Å². The van der Waals surface area contributed by atoms with E-state index in [0.29, 0.717) is 27.3 Å². The van der Waals surface area contributed by atoms with E-state index in [1.54, 1.807) is 31.3 Å². The number of phenols is 1. The fraction of sp³-hybridized carbons (Fsp3) is 0.0476. The van der Waals surface area contributed by atoms with Gasteiger partial charge in [-0.15, -0.1) is 0 Å². The van der Waals surface area contributed by atoms with Crippen LogP contribution in [-0.2, 0) is 7.05 Å². The summed E-state index contributed by atoms with van der Waals surface area (Å²) in [5, 5.41) is 11.3. The minimum absolute atomic E-state index is 0.0899. The minimum Gasteiger partial charge on any atom is -0.507 e. The molecule has 0 saturated heterocycles. The summed E-state index contributed by atoms with van der Waals surface area (Å²) in [6.07, 6.45) is 0. The van der Waals surface area contributed by atoms with Crippen LogP contribution in [-0.4, -0.2) is 14.7 Å². The Morgan fingerprint density at radius 3 is 2.38 bits per heavy atom. The van der Waals surface area contributed by atoms with Crippen molar-refractivity contribution in [3.05, 3.63) is 82.1 Å². The Morgan fingerprint density at radius 2 is 1.65 bits per heavy atom. The largest absolute Gasteiger partial charge is 0.507 e. The summed E-state index contributed by atoms with van der Waals surface area (Å²) in [4.78, 5) is 17.5. The molecule has 1 N–H and O–H groups in total. The third-order valence-corrected chi connectivity index (χ3v) is 4.65. The van der Waals surface area contributed by atoms with Gasteiger partial charge in [-0.25, -0.2) is 4.98 Å². The van der Waals surface area contributed by atoms with E-state index in [0.717, 1.165) is 11.1 Å². The normalized spacial score (nSPS) is 11.0. The maximum Gasteiger partial charge on any atom is 0.261 e. The quantitative estimate of drug-likeness (QED) is 0.565. The summed E-state index contributed by atoms with van der Waals surface area (Å²) >= 11 is 5.94. The third kappa shape index (κ3) is 2.74. The van der Waals surface area contributed by atoms with Crippen molar-refractivity contribution in [1.82, 2.24) is 9.55 Å². The zero-order chi connectivity index (χ0) is 18.3. The second kappa shape index (κ2) is 6.32. The zero-order valence-electron chi connectivity index (χ0n) is 14.0. The molecule has 128 valence electrons. The van der Waals surface area contributed by atoms with Gasteiger partial charge >= 0.3 is 0 Å². The zero-order valence-corrected chi connectivity index (χ0v) is 14.7. The average Bonchev–Trinajstić information content (AvgIpc) is 2.66. The lowest BCUT2D eigenvalue weighted by molar-refractivity contribution is 0.476. The van der Waals surface area contributed by atoms with Crippen molar-refractivity contribution in [3.8, 4) is 28.3 Å². The van der Waals surface area contributed by atoms with Gasteiger partial charge in [-0.05, 0) is 47.5 Å². The number of phenolic OH excluding ortho intramolecular Hbond substituents is 1. The van der Waals surface area contributed by atoms with E-state index in [9.17, 15) is 9.90 Å². The number of para-hydroxylation sites is 1. The molecule has 0 amide bonds. The predicted molar refractivity (Wildman–Crippen MR) is 105 cm³/mol. The van der Waals surface area contributed by atoms with E-state index >= 15 is 0 Å². The molecule has 0 aliphatic rings. The maximum atomic E-state index is 12.9. The minimum atomic E-state index is -0.163. The van der Waals surface area contributed by atoms with Gasteiger partial charge in [-0.3, -0.25) is 9.36 Å². The molecule has 4 rings (SSSR count). The fourth-order valence-electron chi connectivity index (χ4n) is 3.00. The van der Waals surface area contributed by atoms with Crippen molar-refractivity contribution in [2.24, 2.45) is 7.05 Å². The molecule has 0 atom stereocenters.